The van der Waals surface area contributed by atoms with Crippen molar-refractivity contribution in [2.45, 2.75) is 79.4 Å². The summed E-state index contributed by atoms with van der Waals surface area (Å²) in [5.74, 6) is 0.792. The highest BCUT2D eigenvalue weighted by Crippen LogP contribution is 2.32. The Balaban J connectivity index is 0.0000152. The third-order valence-electron chi connectivity index (χ3n) is 7.50. The van der Waals surface area contributed by atoms with Gasteiger partial charge >= 0.3 is 0 Å². The number of carbonyl (C=O) groups is 2. The lowest BCUT2D eigenvalue weighted by atomic mass is 9.80. The number of methoxy groups -OCH3 is 2. The van der Waals surface area contributed by atoms with Gasteiger partial charge in [0.05, 0.1) is 25.2 Å². The smallest absolute Gasteiger partial charge is 0.224 e. The first-order chi connectivity index (χ1) is 18.2. The van der Waals surface area contributed by atoms with Crippen LogP contribution >= 0.6 is 0 Å². The number of ether oxygens (including phenoxy) is 3. The van der Waals surface area contributed by atoms with Gasteiger partial charge in [-0.05, 0) is 68.6 Å². The van der Waals surface area contributed by atoms with Gasteiger partial charge in [-0.1, -0.05) is 33.8 Å². The summed E-state index contributed by atoms with van der Waals surface area (Å²) in [6.45, 7) is 12.9. The van der Waals surface area contributed by atoms with Crippen molar-refractivity contribution in [2.24, 2.45) is 40.6 Å². The average Bonchev–Trinajstić information content (AvgIpc) is 2.87. The molecule has 1 rings (SSSR count). The molecule has 0 unspecified atom stereocenters. The molecule has 4 atom stereocenters. The van der Waals surface area contributed by atoms with Crippen LogP contribution in [0.4, 0.5) is 0 Å². The first-order valence-electron chi connectivity index (χ1n) is 14.0. The largest absolute Gasteiger partial charge is 0.493 e. The number of rotatable bonds is 19. The number of aliphatic hydroxyl groups is 1. The van der Waals surface area contributed by atoms with Crippen molar-refractivity contribution in [2.75, 3.05) is 34.0 Å². The second-order valence-electron chi connectivity index (χ2n) is 11.9. The minimum absolute atomic E-state index is 0. The molecule has 10 nitrogen and oxygen atoms in total. The van der Waals surface area contributed by atoms with Gasteiger partial charge in [0.1, 0.15) is 0 Å². The fourth-order valence-electron chi connectivity index (χ4n) is 4.39. The molecule has 0 aliphatic rings. The molecular weight excluding hydrogens is 514 g/mol. The molecule has 0 heterocycles. The molecule has 0 fully saturated rings. The molecule has 0 radical (unpaired) electrons. The number of nitrogens with one attached hydrogen (secondary N) is 1. The summed E-state index contributed by atoms with van der Waals surface area (Å²) in [6.07, 6.45) is 1.56. The number of aliphatic hydroxyl groups excluding tert-OH is 1. The van der Waals surface area contributed by atoms with Crippen LogP contribution in [-0.4, -0.2) is 68.5 Å². The Bertz CT molecular complexity index is 892. The molecule has 10 heteroatoms. The van der Waals surface area contributed by atoms with Crippen LogP contribution in [0.3, 0.4) is 0 Å². The van der Waals surface area contributed by atoms with Gasteiger partial charge in [-0.3, -0.25) is 9.59 Å². The molecule has 1 aromatic rings. The van der Waals surface area contributed by atoms with Crippen LogP contribution in [0.5, 0.6) is 11.5 Å². The first kappa shape index (κ1) is 37.6. The summed E-state index contributed by atoms with van der Waals surface area (Å²) >= 11 is 0. The molecule has 0 aliphatic heterocycles. The zero-order chi connectivity index (χ0) is 29.8. The predicted octanol–water partition coefficient (Wildman–Crippen LogP) is 2.47. The highest BCUT2D eigenvalue weighted by molar-refractivity contribution is 5.83. The topological polar surface area (TPSA) is 178 Å². The standard InChI is InChI=1S/C30H53N3O6.H2O/c1-19(2)22(14-21-10-11-26(38-8)27(15-21)39-13-9-12-37-7)16-24(31)25(34)17-23(20(3)4)28(35)33-18-30(5,6)29(32)36;/h10-11,15,19-20,22-25,34H,9,12-14,16-18,31H2,1-8H3,(H2,32,36)(H,33,35);1H2/t22-,23-,24-,25-;/m0./s1. The molecule has 0 saturated heterocycles. The number of benzene rings is 1. The first-order valence-corrected chi connectivity index (χ1v) is 14.0. The predicted molar refractivity (Wildman–Crippen MR) is 158 cm³/mol. The van der Waals surface area contributed by atoms with Gasteiger partial charge in [0, 0.05) is 38.6 Å². The van der Waals surface area contributed by atoms with Gasteiger partial charge in [0.2, 0.25) is 11.8 Å². The van der Waals surface area contributed by atoms with Crippen molar-refractivity contribution in [1.29, 1.82) is 0 Å². The minimum Gasteiger partial charge on any atom is -0.493 e. The van der Waals surface area contributed by atoms with E-state index in [1.165, 1.54) is 0 Å². The van der Waals surface area contributed by atoms with E-state index < -0.39 is 29.4 Å². The Kier molecular flexibility index (Phi) is 17.0. The third kappa shape index (κ3) is 12.4. The lowest BCUT2D eigenvalue weighted by Gasteiger charge is -2.30. The number of primary amides is 1. The van der Waals surface area contributed by atoms with E-state index in [9.17, 15) is 14.7 Å². The molecule has 2 amide bonds. The molecule has 0 saturated carbocycles. The minimum atomic E-state index is -0.854. The van der Waals surface area contributed by atoms with E-state index in [0.717, 1.165) is 18.4 Å². The van der Waals surface area contributed by atoms with E-state index in [4.69, 9.17) is 25.7 Å². The number of hydrogen-bond acceptors (Lipinski definition) is 7. The lowest BCUT2D eigenvalue weighted by Crippen LogP contribution is -2.46. The summed E-state index contributed by atoms with van der Waals surface area (Å²) in [5.41, 5.74) is 12.2. The molecule has 0 aromatic heterocycles. The Labute approximate surface area is 240 Å². The second kappa shape index (κ2) is 18.1. The van der Waals surface area contributed by atoms with Crippen molar-refractivity contribution in [3.05, 3.63) is 23.8 Å². The summed E-state index contributed by atoms with van der Waals surface area (Å²) in [6, 6.07) is 5.47. The average molecular weight is 570 g/mol. The summed E-state index contributed by atoms with van der Waals surface area (Å²) in [5, 5.41) is 13.9. The van der Waals surface area contributed by atoms with E-state index in [2.05, 4.69) is 19.2 Å². The van der Waals surface area contributed by atoms with Crippen LogP contribution in [0.1, 0.15) is 66.4 Å². The van der Waals surface area contributed by atoms with E-state index >= 15 is 0 Å². The van der Waals surface area contributed by atoms with Crippen LogP contribution in [0.25, 0.3) is 0 Å². The van der Waals surface area contributed by atoms with Crippen molar-refractivity contribution in [3.63, 3.8) is 0 Å². The zero-order valence-electron chi connectivity index (χ0n) is 25.8. The van der Waals surface area contributed by atoms with Crippen LogP contribution in [-0.2, 0) is 20.7 Å². The number of amides is 2. The molecule has 232 valence electrons. The van der Waals surface area contributed by atoms with Crippen LogP contribution in [0.15, 0.2) is 18.2 Å². The SMILES string of the molecule is COCCCOc1cc(C[C@@H](C[C@H](N)[C@@H](O)C[C@H](C(=O)NCC(C)(C)C(N)=O)C(C)C)C(C)C)ccc1OC.O. The molecular formula is C30H55N3O7. The van der Waals surface area contributed by atoms with Gasteiger partial charge < -0.3 is 41.6 Å². The summed E-state index contributed by atoms with van der Waals surface area (Å²) in [7, 11) is 3.29. The monoisotopic (exact) mass is 569 g/mol. The van der Waals surface area contributed by atoms with Crippen molar-refractivity contribution >= 4 is 11.8 Å². The molecule has 8 N–H and O–H groups in total. The molecule has 0 spiro atoms. The highest BCUT2D eigenvalue weighted by atomic mass is 16.5. The lowest BCUT2D eigenvalue weighted by molar-refractivity contribution is -0.130. The third-order valence-corrected chi connectivity index (χ3v) is 7.50. The maximum absolute atomic E-state index is 12.9. The Morgan fingerprint density at radius 2 is 1.68 bits per heavy atom. The Hall–Kier alpha value is -2.40. The number of carbonyl (C=O) groups excluding carboxylic acids is 2. The van der Waals surface area contributed by atoms with E-state index in [-0.39, 0.29) is 36.2 Å². The summed E-state index contributed by atoms with van der Waals surface area (Å²) in [4.78, 5) is 24.5. The fourth-order valence-corrected chi connectivity index (χ4v) is 4.39. The van der Waals surface area contributed by atoms with Crippen LogP contribution in [0.2, 0.25) is 0 Å². The van der Waals surface area contributed by atoms with Crippen molar-refractivity contribution in [3.8, 4) is 11.5 Å². The van der Waals surface area contributed by atoms with Crippen LogP contribution < -0.4 is 26.3 Å². The quantitative estimate of drug-likeness (QED) is 0.185. The number of nitrogens with two attached hydrogens (primary N) is 2. The maximum atomic E-state index is 12.9. The van der Waals surface area contributed by atoms with E-state index in [1.807, 2.05) is 32.0 Å². The fraction of sp³-hybridized carbons (Fsp3) is 0.733. The zero-order valence-corrected chi connectivity index (χ0v) is 25.8. The second-order valence-corrected chi connectivity index (χ2v) is 11.9. The maximum Gasteiger partial charge on any atom is 0.224 e. The summed E-state index contributed by atoms with van der Waals surface area (Å²) < 4.78 is 16.5. The van der Waals surface area contributed by atoms with Crippen molar-refractivity contribution < 1.29 is 34.4 Å². The Morgan fingerprint density at radius 1 is 1.02 bits per heavy atom. The van der Waals surface area contributed by atoms with Crippen molar-refractivity contribution in [1.82, 2.24) is 5.32 Å². The number of hydrogen-bond donors (Lipinski definition) is 4. The van der Waals surface area contributed by atoms with Gasteiger partial charge in [-0.2, -0.15) is 0 Å². The van der Waals surface area contributed by atoms with Gasteiger partial charge in [-0.25, -0.2) is 0 Å². The molecule has 0 aliphatic carbocycles. The van der Waals surface area contributed by atoms with Gasteiger partial charge in [-0.15, -0.1) is 0 Å². The molecule has 1 aromatic carbocycles. The normalized spacial score (nSPS) is 14.7. The van der Waals surface area contributed by atoms with E-state index in [0.29, 0.717) is 37.1 Å². The molecule has 40 heavy (non-hydrogen) atoms. The highest BCUT2D eigenvalue weighted by Gasteiger charge is 2.32. The van der Waals surface area contributed by atoms with E-state index in [1.54, 1.807) is 28.1 Å². The molecule has 0 bridgehead atoms. The van der Waals surface area contributed by atoms with Gasteiger partial charge in [0.25, 0.3) is 0 Å². The Morgan fingerprint density at radius 3 is 2.20 bits per heavy atom. The van der Waals surface area contributed by atoms with Gasteiger partial charge in [0.15, 0.2) is 11.5 Å². The van der Waals surface area contributed by atoms with Crippen LogP contribution in [0, 0.1) is 29.1 Å².